The monoisotopic (exact) mass is 1540 g/mol. The van der Waals surface area contributed by atoms with Crippen molar-refractivity contribution in [1.82, 2.24) is 32.0 Å². The van der Waals surface area contributed by atoms with Gasteiger partial charge in [-0.15, -0.1) is 0 Å². The van der Waals surface area contributed by atoms with E-state index in [2.05, 4.69) is 487 Å². The summed E-state index contributed by atoms with van der Waals surface area (Å²) in [5.74, 6) is 0. The lowest BCUT2D eigenvalue weighted by Gasteiger charge is -2.11. The minimum atomic E-state index is 1.16. The molecule has 26 rings (SSSR count). The maximum Gasteiger partial charge on any atom is 0.0548 e. The third-order valence-electron chi connectivity index (χ3n) is 24.8. The number of nitrogens with zero attached hydrogens (tertiary/aromatic N) is 7. The number of fused-ring (bicyclic) bond motifs is 23. The predicted molar refractivity (Wildman–Crippen MR) is 511 cm³/mol. The molecule has 7 aromatic heterocycles. The molecule has 0 bridgehead atoms. The minimum Gasteiger partial charge on any atom is -0.309 e. The van der Waals surface area contributed by atoms with Crippen LogP contribution in [-0.4, -0.2) is 32.0 Å². The van der Waals surface area contributed by atoms with Gasteiger partial charge in [-0.25, -0.2) is 0 Å². The van der Waals surface area contributed by atoms with E-state index < -0.39 is 0 Å². The van der Waals surface area contributed by atoms with Crippen LogP contribution in [0.3, 0.4) is 0 Å². The smallest absolute Gasteiger partial charge is 0.0548 e. The molecule has 0 amide bonds. The van der Waals surface area contributed by atoms with Crippen molar-refractivity contribution in [3.63, 3.8) is 0 Å². The van der Waals surface area contributed by atoms with Crippen molar-refractivity contribution in [3.8, 4) is 62.1 Å². The molecule has 0 radical (unpaired) electrons. The van der Waals surface area contributed by atoms with E-state index in [4.69, 9.17) is 0 Å². The molecule has 0 aliphatic rings. The van der Waals surface area contributed by atoms with Crippen LogP contribution in [-0.2, 0) is 0 Å². The summed E-state index contributed by atoms with van der Waals surface area (Å²) in [5.41, 5.74) is 30.2. The summed E-state index contributed by atoms with van der Waals surface area (Å²) >= 11 is 0. The fourth-order valence-electron chi connectivity index (χ4n) is 19.7. The molecule has 0 N–H and O–H groups in total. The van der Waals surface area contributed by atoms with Crippen molar-refractivity contribution >= 4 is 153 Å². The highest BCUT2D eigenvalue weighted by Crippen LogP contribution is 2.47. The molecule has 7 nitrogen and oxygen atoms in total. The molecular weight excluding hydrogens is 1470 g/mol. The Balaban J connectivity index is 0.000000103. The van der Waals surface area contributed by atoms with Gasteiger partial charge in [0.05, 0.1) is 77.2 Å². The Hall–Kier alpha value is -16.2. The Morgan fingerprint density at radius 2 is 0.281 bits per heavy atom. The van der Waals surface area contributed by atoms with Gasteiger partial charge in [0.1, 0.15) is 0 Å². The molecule has 0 fully saturated rings. The van der Waals surface area contributed by atoms with Gasteiger partial charge in [0.15, 0.2) is 0 Å². The first-order valence-corrected chi connectivity index (χ1v) is 41.6. The van der Waals surface area contributed by atoms with E-state index in [9.17, 15) is 0 Å². The summed E-state index contributed by atoms with van der Waals surface area (Å²) < 4.78 is 16.8. The number of aromatic nitrogens is 7. The summed E-state index contributed by atoms with van der Waals surface area (Å²) in [6, 6.07) is 164. The molecule has 121 heavy (non-hydrogen) atoms. The Morgan fingerprint density at radius 3 is 0.579 bits per heavy atom. The van der Waals surface area contributed by atoms with Crippen molar-refractivity contribution in [1.29, 1.82) is 0 Å². The van der Waals surface area contributed by atoms with Gasteiger partial charge in [0, 0.05) is 115 Å². The molecule has 0 saturated heterocycles. The SMILES string of the molecule is c1ccc(-c2ccc(-n3c4ccccc4c4c5c6ccccc6n(-c6ccccc6)c5ccc43)cc2)cc1.c1ccc(-c2ccc(-n3c4ccccc4c4cc5c(cc43)c3ccccc3n5-c3ccccc3)cc2)cc1.c1ccc(-n2c3ccccc3c3cc(-n4c5ccccc5c5c6c7ccccc7n(-c7ccccc7)c6ccc54)ccc32)cc1. The number of hydrogen-bond donors (Lipinski definition) is 0. The lowest BCUT2D eigenvalue weighted by molar-refractivity contribution is 1.16. The maximum atomic E-state index is 2.45. The lowest BCUT2D eigenvalue weighted by atomic mass is 10.1. The van der Waals surface area contributed by atoms with Gasteiger partial charge in [-0.1, -0.05) is 285 Å². The summed E-state index contributed by atoms with van der Waals surface area (Å²) in [7, 11) is 0. The van der Waals surface area contributed by atoms with Crippen molar-refractivity contribution in [2.75, 3.05) is 0 Å². The van der Waals surface area contributed by atoms with E-state index in [-0.39, 0.29) is 0 Å². The average molecular weight is 1540 g/mol. The van der Waals surface area contributed by atoms with E-state index in [0.29, 0.717) is 0 Å². The number of para-hydroxylation sites is 11. The molecule has 0 spiro atoms. The molecule has 19 aromatic carbocycles. The van der Waals surface area contributed by atoms with E-state index in [1.54, 1.807) is 0 Å². The van der Waals surface area contributed by atoms with Crippen LogP contribution in [0.15, 0.2) is 455 Å². The molecule has 7 heteroatoms. The minimum absolute atomic E-state index is 1.16. The summed E-state index contributed by atoms with van der Waals surface area (Å²) in [6.07, 6.45) is 0. The Bertz CT molecular complexity index is 8390. The summed E-state index contributed by atoms with van der Waals surface area (Å²) in [4.78, 5) is 0. The number of benzene rings is 19. The van der Waals surface area contributed by atoms with E-state index >= 15 is 0 Å². The van der Waals surface area contributed by atoms with E-state index in [1.165, 1.54) is 209 Å². The maximum absolute atomic E-state index is 2.45. The van der Waals surface area contributed by atoms with Crippen LogP contribution < -0.4 is 0 Å². The number of rotatable bonds is 9. The second-order valence-electron chi connectivity index (χ2n) is 31.4. The third-order valence-corrected chi connectivity index (χ3v) is 24.8. The number of hydrogen-bond acceptors (Lipinski definition) is 0. The first kappa shape index (κ1) is 69.1. The predicted octanol–water partition coefficient (Wildman–Crippen LogP) is 30.1. The highest BCUT2D eigenvalue weighted by atomic mass is 15.0. The first-order valence-electron chi connectivity index (χ1n) is 41.6. The molecular formula is C114H75N7. The van der Waals surface area contributed by atoms with Crippen molar-refractivity contribution in [2.45, 2.75) is 0 Å². The Labute approximate surface area is 697 Å². The van der Waals surface area contributed by atoms with Gasteiger partial charge >= 0.3 is 0 Å². The van der Waals surface area contributed by atoms with Crippen LogP contribution in [0, 0.1) is 0 Å². The standard InChI is InChI=1S/C42H27N3.2C36H24N2/c1-3-13-28(14-4-1)43-35-20-10-7-17-31(35)34-27-30(23-24-38(34)43)45-37-22-12-9-19-33(37)42-40(45)26-25-39-41(42)32-18-8-11-21-36(32)44(39)29-15-5-2-6-16-29;1-3-11-25(12-4-1)26-19-21-28(22-20-26)38-34-18-10-8-16-30(34)32-23-35-31(24-36(32)38)29-15-7-9-17-33(29)37(35)27-13-5-2-6-14-27;1-3-11-25(12-4-1)26-19-21-28(22-20-26)38-32-18-10-8-16-30(32)36-34(38)24-23-33-35(36)29-15-7-9-17-31(29)37(33)27-13-5-2-6-14-27/h1-27H;2*1-24H. The molecule has 566 valence electrons. The normalized spacial score (nSPS) is 11.8. The molecule has 0 atom stereocenters. The van der Waals surface area contributed by atoms with Crippen molar-refractivity contribution < 1.29 is 0 Å². The molecule has 0 aliphatic carbocycles. The van der Waals surface area contributed by atoms with Gasteiger partial charge in [-0.2, -0.15) is 0 Å². The topological polar surface area (TPSA) is 34.5 Å². The average Bonchev–Trinajstić information content (AvgIpc) is 1.52. The second-order valence-corrected chi connectivity index (χ2v) is 31.4. The molecule has 0 saturated carbocycles. The van der Waals surface area contributed by atoms with Crippen LogP contribution in [0.25, 0.3) is 215 Å². The second kappa shape index (κ2) is 28.3. The molecule has 7 heterocycles. The zero-order valence-corrected chi connectivity index (χ0v) is 65.9. The molecule has 0 aliphatic heterocycles. The van der Waals surface area contributed by atoms with Crippen molar-refractivity contribution in [3.05, 3.63) is 455 Å². The van der Waals surface area contributed by atoms with Crippen LogP contribution in [0.4, 0.5) is 0 Å². The van der Waals surface area contributed by atoms with Crippen LogP contribution in [0.1, 0.15) is 0 Å². The third kappa shape index (κ3) is 11.1. The fourth-order valence-corrected chi connectivity index (χ4v) is 19.7. The first-order chi connectivity index (χ1) is 60.1. The van der Waals surface area contributed by atoms with Crippen LogP contribution >= 0.6 is 0 Å². The highest BCUT2D eigenvalue weighted by Gasteiger charge is 2.25. The Kier molecular flexibility index (Phi) is 16.2. The van der Waals surface area contributed by atoms with Crippen LogP contribution in [0.5, 0.6) is 0 Å². The Morgan fingerprint density at radius 1 is 0.0992 bits per heavy atom. The van der Waals surface area contributed by atoms with E-state index in [0.717, 1.165) is 5.69 Å². The highest BCUT2D eigenvalue weighted by molar-refractivity contribution is 6.31. The van der Waals surface area contributed by atoms with Gasteiger partial charge in [-0.3, -0.25) is 0 Å². The molecule has 26 aromatic rings. The van der Waals surface area contributed by atoms with E-state index in [1.807, 2.05) is 0 Å². The van der Waals surface area contributed by atoms with Crippen LogP contribution in [0.2, 0.25) is 0 Å². The molecule has 0 unspecified atom stereocenters. The zero-order chi connectivity index (χ0) is 79.6. The zero-order valence-electron chi connectivity index (χ0n) is 65.9. The van der Waals surface area contributed by atoms with Gasteiger partial charge in [0.2, 0.25) is 0 Å². The van der Waals surface area contributed by atoms with Gasteiger partial charge in [-0.05, 0) is 192 Å². The van der Waals surface area contributed by atoms with Crippen molar-refractivity contribution in [2.24, 2.45) is 0 Å². The summed E-state index contributed by atoms with van der Waals surface area (Å²) in [5, 5.41) is 17.8. The quantitative estimate of drug-likeness (QED) is 0.138. The largest absolute Gasteiger partial charge is 0.309 e. The van der Waals surface area contributed by atoms with Gasteiger partial charge < -0.3 is 32.0 Å². The summed E-state index contributed by atoms with van der Waals surface area (Å²) in [6.45, 7) is 0. The lowest BCUT2D eigenvalue weighted by Crippen LogP contribution is -1.96. The van der Waals surface area contributed by atoms with Gasteiger partial charge in [0.25, 0.3) is 0 Å². The fraction of sp³-hybridized carbons (Fsp3) is 0.